The summed E-state index contributed by atoms with van der Waals surface area (Å²) in [5, 5.41) is 8.16. The number of anilines is 1. The summed E-state index contributed by atoms with van der Waals surface area (Å²) in [6, 6.07) is 14.6. The molecule has 1 amide bonds. The standard InChI is InChI=1S/C21H18ClN5O2/c1-14-5-4-7-16-20(14)23-13-26(21(16)29)12-19(28)25-18-9-10-24-27(18)11-15-6-2-3-8-17(15)22/h2-10,13H,11-12H2,1H3,(H,25,28). The molecule has 2 aromatic heterocycles. The molecule has 4 aromatic rings. The smallest absolute Gasteiger partial charge is 0.261 e. The van der Waals surface area contributed by atoms with Crippen molar-refractivity contribution in [2.45, 2.75) is 20.0 Å². The first kappa shape index (κ1) is 18.9. The Morgan fingerprint density at radius 2 is 1.97 bits per heavy atom. The van der Waals surface area contributed by atoms with Crippen LogP contribution in [0, 0.1) is 6.92 Å². The molecule has 1 N–H and O–H groups in total. The summed E-state index contributed by atoms with van der Waals surface area (Å²) >= 11 is 6.21. The quantitative estimate of drug-likeness (QED) is 0.550. The number of hydrogen-bond acceptors (Lipinski definition) is 4. The van der Waals surface area contributed by atoms with E-state index in [9.17, 15) is 9.59 Å². The van der Waals surface area contributed by atoms with E-state index in [0.717, 1.165) is 11.1 Å². The third-order valence-corrected chi connectivity index (χ3v) is 5.00. The number of rotatable bonds is 5. The first-order valence-electron chi connectivity index (χ1n) is 9.03. The van der Waals surface area contributed by atoms with Crippen LogP contribution in [0.3, 0.4) is 0 Å². The molecule has 0 radical (unpaired) electrons. The van der Waals surface area contributed by atoms with Gasteiger partial charge in [-0.15, -0.1) is 0 Å². The van der Waals surface area contributed by atoms with Gasteiger partial charge in [0.15, 0.2) is 0 Å². The number of nitrogens with one attached hydrogen (secondary N) is 1. The van der Waals surface area contributed by atoms with Gasteiger partial charge in [0.25, 0.3) is 5.56 Å². The fourth-order valence-corrected chi connectivity index (χ4v) is 3.34. The number of amides is 1. The van der Waals surface area contributed by atoms with Gasteiger partial charge in [0.1, 0.15) is 12.4 Å². The molecule has 0 aliphatic carbocycles. The molecule has 0 atom stereocenters. The number of hydrogen-bond donors (Lipinski definition) is 1. The second-order valence-corrected chi connectivity index (χ2v) is 7.07. The topological polar surface area (TPSA) is 81.8 Å². The van der Waals surface area contributed by atoms with E-state index in [1.165, 1.54) is 10.9 Å². The number of fused-ring (bicyclic) bond motifs is 1. The third kappa shape index (κ3) is 3.90. The number of para-hydroxylation sites is 1. The molecule has 0 aliphatic rings. The molecule has 0 saturated carbocycles. The number of carbonyl (C=O) groups is 1. The second kappa shape index (κ2) is 7.89. The molecular formula is C21H18ClN5O2. The van der Waals surface area contributed by atoms with E-state index >= 15 is 0 Å². The molecule has 0 saturated heterocycles. The summed E-state index contributed by atoms with van der Waals surface area (Å²) in [4.78, 5) is 29.5. The zero-order valence-electron chi connectivity index (χ0n) is 15.7. The molecule has 0 aliphatic heterocycles. The summed E-state index contributed by atoms with van der Waals surface area (Å²) in [5.41, 5.74) is 2.20. The van der Waals surface area contributed by atoms with Crippen LogP contribution >= 0.6 is 11.6 Å². The minimum atomic E-state index is -0.346. The summed E-state index contributed by atoms with van der Waals surface area (Å²) in [6.45, 7) is 2.16. The van der Waals surface area contributed by atoms with Gasteiger partial charge in [0, 0.05) is 11.1 Å². The fourth-order valence-electron chi connectivity index (χ4n) is 3.14. The number of aromatic nitrogens is 4. The number of aryl methyl sites for hydroxylation is 1. The Labute approximate surface area is 171 Å². The lowest BCUT2D eigenvalue weighted by Crippen LogP contribution is -2.28. The highest BCUT2D eigenvalue weighted by molar-refractivity contribution is 6.31. The highest BCUT2D eigenvalue weighted by Gasteiger charge is 2.12. The monoisotopic (exact) mass is 407 g/mol. The minimum Gasteiger partial charge on any atom is -0.309 e. The van der Waals surface area contributed by atoms with E-state index in [-0.39, 0.29) is 18.0 Å². The van der Waals surface area contributed by atoms with Crippen molar-refractivity contribution in [1.29, 1.82) is 0 Å². The van der Waals surface area contributed by atoms with Gasteiger partial charge in [-0.2, -0.15) is 5.10 Å². The van der Waals surface area contributed by atoms with E-state index in [1.54, 1.807) is 35.1 Å². The predicted octanol–water partition coefficient (Wildman–Crippen LogP) is 3.24. The highest BCUT2D eigenvalue weighted by atomic mass is 35.5. The zero-order valence-corrected chi connectivity index (χ0v) is 16.4. The SMILES string of the molecule is Cc1cccc2c(=O)n(CC(=O)Nc3ccnn3Cc3ccccc3Cl)cnc12. The molecule has 0 fully saturated rings. The lowest BCUT2D eigenvalue weighted by Gasteiger charge is -2.11. The summed E-state index contributed by atoms with van der Waals surface area (Å²) in [5.74, 6) is 0.175. The minimum absolute atomic E-state index is 0.146. The highest BCUT2D eigenvalue weighted by Crippen LogP contribution is 2.18. The normalized spacial score (nSPS) is 11.0. The Balaban J connectivity index is 1.52. The van der Waals surface area contributed by atoms with Gasteiger partial charge in [0.2, 0.25) is 5.91 Å². The predicted molar refractivity (Wildman–Crippen MR) is 112 cm³/mol. The molecule has 0 spiro atoms. The van der Waals surface area contributed by atoms with Gasteiger partial charge >= 0.3 is 0 Å². The Kier molecular flexibility index (Phi) is 5.14. The average molecular weight is 408 g/mol. The van der Waals surface area contributed by atoms with Crippen LogP contribution in [0.4, 0.5) is 5.82 Å². The van der Waals surface area contributed by atoms with Crippen molar-refractivity contribution in [2.75, 3.05) is 5.32 Å². The van der Waals surface area contributed by atoms with Crippen LogP contribution in [0.1, 0.15) is 11.1 Å². The van der Waals surface area contributed by atoms with E-state index in [4.69, 9.17) is 11.6 Å². The van der Waals surface area contributed by atoms with Crippen LogP contribution in [0.15, 0.2) is 65.8 Å². The Morgan fingerprint density at radius 1 is 1.14 bits per heavy atom. The Hall–Kier alpha value is -3.45. The van der Waals surface area contributed by atoms with E-state index < -0.39 is 0 Å². The molecule has 0 unspecified atom stereocenters. The number of nitrogens with zero attached hydrogens (tertiary/aromatic N) is 4. The molecule has 146 valence electrons. The van der Waals surface area contributed by atoms with Gasteiger partial charge in [-0.3, -0.25) is 14.2 Å². The van der Waals surface area contributed by atoms with Gasteiger partial charge in [-0.05, 0) is 30.2 Å². The van der Waals surface area contributed by atoms with Crippen LogP contribution in [0.2, 0.25) is 5.02 Å². The lowest BCUT2D eigenvalue weighted by atomic mass is 10.1. The van der Waals surface area contributed by atoms with Crippen molar-refractivity contribution in [3.8, 4) is 0 Å². The van der Waals surface area contributed by atoms with Crippen molar-refractivity contribution >= 4 is 34.2 Å². The summed E-state index contributed by atoms with van der Waals surface area (Å²) in [6.07, 6.45) is 3.00. The molecule has 8 heteroatoms. The van der Waals surface area contributed by atoms with Gasteiger partial charge < -0.3 is 5.32 Å². The van der Waals surface area contributed by atoms with Crippen molar-refractivity contribution in [2.24, 2.45) is 0 Å². The van der Waals surface area contributed by atoms with E-state index in [0.29, 0.717) is 28.3 Å². The first-order valence-corrected chi connectivity index (χ1v) is 9.40. The van der Waals surface area contributed by atoms with Crippen molar-refractivity contribution in [1.82, 2.24) is 19.3 Å². The molecule has 29 heavy (non-hydrogen) atoms. The van der Waals surface area contributed by atoms with Crippen LogP contribution in [-0.2, 0) is 17.9 Å². The van der Waals surface area contributed by atoms with Gasteiger partial charge in [-0.1, -0.05) is 41.9 Å². The number of carbonyl (C=O) groups excluding carboxylic acids is 1. The number of halogens is 1. The van der Waals surface area contributed by atoms with E-state index in [1.807, 2.05) is 31.2 Å². The summed E-state index contributed by atoms with van der Waals surface area (Å²) in [7, 11) is 0. The van der Waals surface area contributed by atoms with Crippen molar-refractivity contribution in [3.05, 3.63) is 87.6 Å². The third-order valence-electron chi connectivity index (χ3n) is 4.63. The molecule has 7 nitrogen and oxygen atoms in total. The molecule has 2 heterocycles. The van der Waals surface area contributed by atoms with Gasteiger partial charge in [0.05, 0.1) is 30.0 Å². The van der Waals surface area contributed by atoms with Crippen LogP contribution in [0.25, 0.3) is 10.9 Å². The Bertz CT molecular complexity index is 1260. The first-order chi connectivity index (χ1) is 14.0. The molecular weight excluding hydrogens is 390 g/mol. The molecule has 2 aromatic carbocycles. The maximum atomic E-state index is 12.7. The Morgan fingerprint density at radius 3 is 2.79 bits per heavy atom. The van der Waals surface area contributed by atoms with Gasteiger partial charge in [-0.25, -0.2) is 9.67 Å². The van der Waals surface area contributed by atoms with Crippen LogP contribution in [0.5, 0.6) is 0 Å². The maximum Gasteiger partial charge on any atom is 0.261 e. The summed E-state index contributed by atoms with van der Waals surface area (Å²) < 4.78 is 2.94. The fraction of sp³-hybridized carbons (Fsp3) is 0.143. The molecule has 4 rings (SSSR count). The van der Waals surface area contributed by atoms with Crippen LogP contribution in [-0.4, -0.2) is 25.2 Å². The second-order valence-electron chi connectivity index (χ2n) is 6.66. The van der Waals surface area contributed by atoms with Crippen molar-refractivity contribution in [3.63, 3.8) is 0 Å². The number of benzene rings is 2. The largest absolute Gasteiger partial charge is 0.309 e. The van der Waals surface area contributed by atoms with Crippen molar-refractivity contribution < 1.29 is 4.79 Å². The van der Waals surface area contributed by atoms with E-state index in [2.05, 4.69) is 15.4 Å². The molecule has 0 bridgehead atoms. The average Bonchev–Trinajstić information content (AvgIpc) is 3.13. The van der Waals surface area contributed by atoms with Crippen LogP contribution < -0.4 is 10.9 Å². The zero-order chi connectivity index (χ0) is 20.4. The lowest BCUT2D eigenvalue weighted by molar-refractivity contribution is -0.116. The maximum absolute atomic E-state index is 12.7.